The number of anilines is 1. The van der Waals surface area contributed by atoms with Crippen LogP contribution in [0.2, 0.25) is 0 Å². The van der Waals surface area contributed by atoms with Crippen LogP contribution in [0, 0.1) is 0 Å². The van der Waals surface area contributed by atoms with Crippen LogP contribution in [0.4, 0.5) is 9.93 Å². The first kappa shape index (κ1) is 8.89. The summed E-state index contributed by atoms with van der Waals surface area (Å²) < 4.78 is 0.933. The fourth-order valence-corrected chi connectivity index (χ4v) is 1.88. The molecule has 5 nitrogen and oxygen atoms in total. The Morgan fingerprint density at radius 3 is 3.07 bits per heavy atom. The van der Waals surface area contributed by atoms with Crippen LogP contribution in [0.15, 0.2) is 18.5 Å². The molecule has 0 radical (unpaired) electrons. The van der Waals surface area contributed by atoms with Crippen molar-refractivity contribution in [3.8, 4) is 0 Å². The summed E-state index contributed by atoms with van der Waals surface area (Å²) >= 11 is 1.33. The zero-order valence-corrected chi connectivity index (χ0v) is 8.15. The van der Waals surface area contributed by atoms with E-state index in [1.54, 1.807) is 12.4 Å². The lowest BCUT2D eigenvalue weighted by Gasteiger charge is -2.06. The van der Waals surface area contributed by atoms with E-state index in [9.17, 15) is 4.79 Å². The van der Waals surface area contributed by atoms with Crippen molar-refractivity contribution in [3.05, 3.63) is 18.5 Å². The van der Waals surface area contributed by atoms with Gasteiger partial charge in [-0.1, -0.05) is 11.3 Å². The number of carbonyl (C=O) groups is 1. The SMILES string of the molecule is CN(C(=O)O)c1nc2cnccc2s1. The third-order valence-electron chi connectivity index (χ3n) is 1.75. The van der Waals surface area contributed by atoms with Crippen molar-refractivity contribution in [2.24, 2.45) is 0 Å². The van der Waals surface area contributed by atoms with E-state index in [4.69, 9.17) is 5.11 Å². The molecule has 1 N–H and O–H groups in total. The molecule has 0 fully saturated rings. The summed E-state index contributed by atoms with van der Waals surface area (Å²) in [6.07, 6.45) is 2.26. The lowest BCUT2D eigenvalue weighted by atomic mass is 10.5. The van der Waals surface area contributed by atoms with Crippen molar-refractivity contribution in [3.63, 3.8) is 0 Å². The lowest BCUT2D eigenvalue weighted by Crippen LogP contribution is -2.23. The molecule has 0 bridgehead atoms. The largest absolute Gasteiger partial charge is 0.465 e. The van der Waals surface area contributed by atoms with Crippen molar-refractivity contribution in [1.82, 2.24) is 9.97 Å². The van der Waals surface area contributed by atoms with E-state index in [0.717, 1.165) is 15.1 Å². The Kier molecular flexibility index (Phi) is 2.05. The molecule has 2 heterocycles. The second-order valence-electron chi connectivity index (χ2n) is 2.68. The van der Waals surface area contributed by atoms with Gasteiger partial charge in [0, 0.05) is 13.2 Å². The van der Waals surface area contributed by atoms with Crippen LogP contribution in [0.25, 0.3) is 10.2 Å². The minimum Gasteiger partial charge on any atom is -0.465 e. The highest BCUT2D eigenvalue weighted by molar-refractivity contribution is 7.22. The Balaban J connectivity index is 2.50. The number of carboxylic acid groups (broad SMARTS) is 1. The molecule has 6 heteroatoms. The molecule has 0 saturated heterocycles. The van der Waals surface area contributed by atoms with Gasteiger partial charge < -0.3 is 5.11 Å². The quantitative estimate of drug-likeness (QED) is 0.777. The van der Waals surface area contributed by atoms with Gasteiger partial charge in [-0.15, -0.1) is 0 Å². The monoisotopic (exact) mass is 209 g/mol. The van der Waals surface area contributed by atoms with Crippen molar-refractivity contribution in [2.45, 2.75) is 0 Å². The van der Waals surface area contributed by atoms with Gasteiger partial charge in [-0.3, -0.25) is 9.88 Å². The molecule has 2 aromatic heterocycles. The molecule has 0 saturated carbocycles. The van der Waals surface area contributed by atoms with Crippen LogP contribution >= 0.6 is 11.3 Å². The van der Waals surface area contributed by atoms with Gasteiger partial charge in [0.2, 0.25) is 0 Å². The molecule has 0 unspecified atom stereocenters. The molecule has 0 aliphatic carbocycles. The molecule has 72 valence electrons. The van der Waals surface area contributed by atoms with Crippen molar-refractivity contribution in [2.75, 3.05) is 11.9 Å². The summed E-state index contributed by atoms with van der Waals surface area (Å²) in [6, 6.07) is 1.81. The number of thiazole rings is 1. The zero-order chi connectivity index (χ0) is 10.1. The summed E-state index contributed by atoms with van der Waals surface area (Å²) in [4.78, 5) is 19.8. The summed E-state index contributed by atoms with van der Waals surface area (Å²) in [5.41, 5.74) is 0.723. The Morgan fingerprint density at radius 2 is 2.43 bits per heavy atom. The molecule has 0 aromatic carbocycles. The van der Waals surface area contributed by atoms with Crippen LogP contribution in [-0.2, 0) is 0 Å². The Bertz CT molecular complexity index is 449. The predicted molar refractivity (Wildman–Crippen MR) is 53.8 cm³/mol. The highest BCUT2D eigenvalue weighted by Gasteiger charge is 2.13. The average molecular weight is 209 g/mol. The van der Waals surface area contributed by atoms with Crippen LogP contribution in [-0.4, -0.2) is 28.2 Å². The molecule has 2 rings (SSSR count). The highest BCUT2D eigenvalue weighted by atomic mass is 32.1. The van der Waals surface area contributed by atoms with Gasteiger partial charge in [0.25, 0.3) is 0 Å². The normalized spacial score (nSPS) is 10.4. The maximum atomic E-state index is 10.7. The number of amides is 1. The van der Waals surface area contributed by atoms with Gasteiger partial charge in [-0.05, 0) is 6.07 Å². The smallest absolute Gasteiger partial charge is 0.413 e. The van der Waals surface area contributed by atoms with Gasteiger partial charge in [0.05, 0.1) is 10.9 Å². The molecular formula is C8H7N3O2S. The lowest BCUT2D eigenvalue weighted by molar-refractivity contribution is 0.203. The topological polar surface area (TPSA) is 66.3 Å². The van der Waals surface area contributed by atoms with Gasteiger partial charge in [0.1, 0.15) is 5.52 Å². The number of pyridine rings is 1. The second-order valence-corrected chi connectivity index (χ2v) is 3.69. The average Bonchev–Trinajstić information content (AvgIpc) is 2.59. The predicted octanol–water partition coefficient (Wildman–Crippen LogP) is 1.81. The third-order valence-corrected chi connectivity index (χ3v) is 2.87. The summed E-state index contributed by atoms with van der Waals surface area (Å²) in [6.45, 7) is 0. The van der Waals surface area contributed by atoms with Gasteiger partial charge >= 0.3 is 6.09 Å². The number of hydrogen-bond donors (Lipinski definition) is 1. The summed E-state index contributed by atoms with van der Waals surface area (Å²) in [5, 5.41) is 9.20. The zero-order valence-electron chi connectivity index (χ0n) is 7.34. The Labute approximate surface area is 83.6 Å². The summed E-state index contributed by atoms with van der Waals surface area (Å²) in [7, 11) is 1.47. The fourth-order valence-electron chi connectivity index (χ4n) is 0.993. The molecule has 14 heavy (non-hydrogen) atoms. The van der Waals surface area contributed by atoms with E-state index in [1.807, 2.05) is 6.07 Å². The number of fused-ring (bicyclic) bond motifs is 1. The van der Waals surface area contributed by atoms with Crippen molar-refractivity contribution < 1.29 is 9.90 Å². The van der Waals surface area contributed by atoms with Gasteiger partial charge in [0.15, 0.2) is 5.13 Å². The van der Waals surface area contributed by atoms with E-state index in [2.05, 4.69) is 9.97 Å². The third kappa shape index (κ3) is 1.39. The molecular weight excluding hydrogens is 202 g/mol. The van der Waals surface area contributed by atoms with Gasteiger partial charge in [-0.2, -0.15) is 0 Å². The Hall–Kier alpha value is -1.69. The standard InChI is InChI=1S/C8H7N3O2S/c1-11(8(12)13)7-10-5-4-9-3-2-6(5)14-7/h2-4H,1H3,(H,12,13). The maximum Gasteiger partial charge on any atom is 0.413 e. The second kappa shape index (κ2) is 3.22. The van der Waals surface area contributed by atoms with E-state index >= 15 is 0 Å². The van der Waals surface area contributed by atoms with E-state index in [0.29, 0.717) is 5.13 Å². The van der Waals surface area contributed by atoms with Gasteiger partial charge in [-0.25, -0.2) is 9.78 Å². The van der Waals surface area contributed by atoms with E-state index < -0.39 is 6.09 Å². The van der Waals surface area contributed by atoms with Crippen LogP contribution < -0.4 is 4.90 Å². The van der Waals surface area contributed by atoms with E-state index in [-0.39, 0.29) is 0 Å². The first-order chi connectivity index (χ1) is 6.68. The number of hydrogen-bond acceptors (Lipinski definition) is 4. The first-order valence-corrected chi connectivity index (χ1v) is 4.67. The summed E-state index contributed by atoms with van der Waals surface area (Å²) in [5.74, 6) is 0. The molecule has 0 spiro atoms. The van der Waals surface area contributed by atoms with Crippen molar-refractivity contribution in [1.29, 1.82) is 0 Å². The minimum atomic E-state index is -1.02. The van der Waals surface area contributed by atoms with E-state index in [1.165, 1.54) is 18.4 Å². The maximum absolute atomic E-state index is 10.7. The van der Waals surface area contributed by atoms with Crippen LogP contribution in [0.1, 0.15) is 0 Å². The Morgan fingerprint density at radius 1 is 1.64 bits per heavy atom. The number of rotatable bonds is 1. The highest BCUT2D eigenvalue weighted by Crippen LogP contribution is 2.26. The minimum absolute atomic E-state index is 0.459. The number of aromatic nitrogens is 2. The molecule has 0 aliphatic heterocycles. The fraction of sp³-hybridized carbons (Fsp3) is 0.125. The van der Waals surface area contributed by atoms with Crippen molar-refractivity contribution >= 4 is 32.8 Å². The first-order valence-electron chi connectivity index (χ1n) is 3.85. The molecule has 0 atom stereocenters. The molecule has 0 aliphatic rings. The van der Waals surface area contributed by atoms with Crippen LogP contribution in [0.3, 0.4) is 0 Å². The molecule has 1 amide bonds. The molecule has 2 aromatic rings. The van der Waals surface area contributed by atoms with Crippen LogP contribution in [0.5, 0.6) is 0 Å². The number of nitrogens with zero attached hydrogens (tertiary/aromatic N) is 3.